The summed E-state index contributed by atoms with van der Waals surface area (Å²) in [7, 11) is 0. The number of halogens is 1. The van der Waals surface area contributed by atoms with Crippen LogP contribution in [-0.4, -0.2) is 15.5 Å². The second kappa shape index (κ2) is 4.73. The maximum atomic E-state index is 14.1. The number of carbonyl (C=O) groups is 1. The van der Waals surface area contributed by atoms with Crippen molar-refractivity contribution in [2.45, 2.75) is 5.66 Å². The van der Waals surface area contributed by atoms with E-state index in [0.29, 0.717) is 17.1 Å². The fourth-order valence-corrected chi connectivity index (χ4v) is 4.19. The van der Waals surface area contributed by atoms with Crippen molar-refractivity contribution in [3.63, 3.8) is 0 Å². The number of nitrogens with zero attached hydrogens (tertiary/aromatic N) is 2. The van der Waals surface area contributed by atoms with Gasteiger partial charge in [0.25, 0.3) is 5.91 Å². The highest BCUT2D eigenvalue weighted by molar-refractivity contribution is 6.10. The van der Waals surface area contributed by atoms with Gasteiger partial charge in [-0.05, 0) is 42.5 Å². The van der Waals surface area contributed by atoms with Crippen LogP contribution < -0.4 is 10.6 Å². The molecule has 5 nitrogen and oxygen atoms in total. The molecule has 3 aromatic carbocycles. The van der Waals surface area contributed by atoms with Crippen LogP contribution in [0.5, 0.6) is 0 Å². The molecule has 130 valence electrons. The molecule has 4 aromatic rings. The van der Waals surface area contributed by atoms with E-state index >= 15 is 0 Å². The van der Waals surface area contributed by atoms with Crippen molar-refractivity contribution in [3.8, 4) is 11.4 Å². The zero-order valence-electron chi connectivity index (χ0n) is 14.0. The maximum Gasteiger partial charge on any atom is 0.276 e. The second-order valence-corrected chi connectivity index (χ2v) is 6.78. The summed E-state index contributed by atoms with van der Waals surface area (Å²) in [5, 5.41) is 6.28. The van der Waals surface area contributed by atoms with Gasteiger partial charge >= 0.3 is 0 Å². The van der Waals surface area contributed by atoms with E-state index in [1.165, 1.54) is 12.1 Å². The van der Waals surface area contributed by atoms with Gasteiger partial charge in [-0.2, -0.15) is 0 Å². The highest BCUT2D eigenvalue weighted by Gasteiger charge is 2.53. The zero-order chi connectivity index (χ0) is 18.2. The van der Waals surface area contributed by atoms with E-state index in [1.54, 1.807) is 6.07 Å². The predicted molar refractivity (Wildman–Crippen MR) is 101 cm³/mol. The molecule has 0 radical (unpaired) electrons. The number of benzene rings is 3. The number of fused-ring (bicyclic) bond motifs is 8. The van der Waals surface area contributed by atoms with Gasteiger partial charge in [0, 0.05) is 22.5 Å². The zero-order valence-corrected chi connectivity index (χ0v) is 14.0. The molecule has 1 atom stereocenters. The van der Waals surface area contributed by atoms with E-state index in [9.17, 15) is 9.18 Å². The monoisotopic (exact) mass is 356 g/mol. The minimum absolute atomic E-state index is 0.262. The number of hydrogen-bond acceptors (Lipinski definition) is 3. The standard InChI is InChI=1S/C21H13FN4O/c22-12-9-10-16-14(11-12)21(20(27)24-16)25-15-6-2-1-5-13(15)19-23-17-7-3-4-8-18(17)26(19)21/h1-11,25H,(H,24,27)/t21-/m0/s1. The molecule has 1 amide bonds. The highest BCUT2D eigenvalue weighted by Crippen LogP contribution is 2.48. The van der Waals surface area contributed by atoms with Crippen LogP contribution in [0.1, 0.15) is 5.56 Å². The van der Waals surface area contributed by atoms with E-state index in [-0.39, 0.29) is 5.91 Å². The van der Waals surface area contributed by atoms with Gasteiger partial charge in [0.15, 0.2) is 0 Å². The molecule has 0 saturated heterocycles. The molecule has 6 heteroatoms. The Labute approximate surface area is 153 Å². The van der Waals surface area contributed by atoms with Crippen molar-refractivity contribution < 1.29 is 9.18 Å². The molecule has 0 bridgehead atoms. The van der Waals surface area contributed by atoms with Crippen molar-refractivity contribution in [2.75, 3.05) is 10.6 Å². The Morgan fingerprint density at radius 3 is 2.70 bits per heavy atom. The second-order valence-electron chi connectivity index (χ2n) is 6.78. The molecule has 3 heterocycles. The van der Waals surface area contributed by atoms with E-state index in [0.717, 1.165) is 22.3 Å². The van der Waals surface area contributed by atoms with Crippen molar-refractivity contribution in [1.82, 2.24) is 9.55 Å². The van der Waals surface area contributed by atoms with E-state index in [1.807, 2.05) is 53.1 Å². The lowest BCUT2D eigenvalue weighted by Crippen LogP contribution is -2.50. The Hall–Kier alpha value is -3.67. The summed E-state index contributed by atoms with van der Waals surface area (Å²) in [6.07, 6.45) is 0. The normalized spacial score (nSPS) is 19.4. The molecule has 1 spiro atoms. The number of para-hydroxylation sites is 3. The Balaban J connectivity index is 1.80. The van der Waals surface area contributed by atoms with Gasteiger partial charge in [-0.1, -0.05) is 24.3 Å². The molecule has 0 saturated carbocycles. The number of imidazole rings is 1. The molecule has 0 fully saturated rings. The number of amides is 1. The Morgan fingerprint density at radius 1 is 0.963 bits per heavy atom. The molecular formula is C21H13FN4O. The third-order valence-electron chi connectivity index (χ3n) is 5.33. The van der Waals surface area contributed by atoms with Crippen molar-refractivity contribution >= 4 is 28.3 Å². The molecule has 1 aromatic heterocycles. The molecule has 0 unspecified atom stereocenters. The van der Waals surface area contributed by atoms with Gasteiger partial charge in [0.2, 0.25) is 5.66 Å². The van der Waals surface area contributed by atoms with Gasteiger partial charge in [0.1, 0.15) is 11.6 Å². The quantitative estimate of drug-likeness (QED) is 0.502. The predicted octanol–water partition coefficient (Wildman–Crippen LogP) is 3.92. The molecule has 0 aliphatic carbocycles. The highest BCUT2D eigenvalue weighted by atomic mass is 19.1. The van der Waals surface area contributed by atoms with Crippen LogP contribution in [0.3, 0.4) is 0 Å². The lowest BCUT2D eigenvalue weighted by atomic mass is 9.95. The third-order valence-corrected chi connectivity index (χ3v) is 5.33. The summed E-state index contributed by atoms with van der Waals surface area (Å²) in [6, 6.07) is 19.7. The molecular weight excluding hydrogens is 343 g/mol. The fourth-order valence-electron chi connectivity index (χ4n) is 4.19. The van der Waals surface area contributed by atoms with Gasteiger partial charge in [-0.15, -0.1) is 0 Å². The number of rotatable bonds is 0. The Morgan fingerprint density at radius 2 is 1.78 bits per heavy atom. The van der Waals surface area contributed by atoms with Gasteiger partial charge in [0.05, 0.1) is 11.0 Å². The van der Waals surface area contributed by atoms with Gasteiger partial charge in [-0.25, -0.2) is 9.37 Å². The SMILES string of the molecule is O=C1Nc2ccc(F)cc2[C@@]12Nc1ccccc1-c1nc3ccccc3n12. The van der Waals surface area contributed by atoms with Crippen LogP contribution in [0.4, 0.5) is 15.8 Å². The van der Waals surface area contributed by atoms with E-state index in [4.69, 9.17) is 4.98 Å². The first-order chi connectivity index (χ1) is 13.2. The topological polar surface area (TPSA) is 59.0 Å². The van der Waals surface area contributed by atoms with Crippen molar-refractivity contribution in [2.24, 2.45) is 0 Å². The summed E-state index contributed by atoms with van der Waals surface area (Å²) < 4.78 is 16.0. The number of carbonyl (C=O) groups excluding carboxylic acids is 1. The number of anilines is 2. The number of nitrogens with one attached hydrogen (secondary N) is 2. The number of aromatic nitrogens is 2. The number of hydrogen-bond donors (Lipinski definition) is 2. The first-order valence-electron chi connectivity index (χ1n) is 8.65. The summed E-state index contributed by atoms with van der Waals surface area (Å²) in [5.41, 5.74) is 3.12. The first kappa shape index (κ1) is 14.5. The average molecular weight is 356 g/mol. The average Bonchev–Trinajstić information content (AvgIpc) is 3.20. The first-order valence-corrected chi connectivity index (χ1v) is 8.65. The summed E-state index contributed by atoms with van der Waals surface area (Å²) >= 11 is 0. The summed E-state index contributed by atoms with van der Waals surface area (Å²) in [6.45, 7) is 0. The lowest BCUT2D eigenvalue weighted by molar-refractivity contribution is -0.120. The van der Waals surface area contributed by atoms with Crippen molar-refractivity contribution in [1.29, 1.82) is 0 Å². The van der Waals surface area contributed by atoms with Crippen LogP contribution in [0, 0.1) is 5.82 Å². The molecule has 6 rings (SSSR count). The van der Waals surface area contributed by atoms with Crippen LogP contribution in [0.25, 0.3) is 22.4 Å². The van der Waals surface area contributed by atoms with Crippen molar-refractivity contribution in [3.05, 3.63) is 78.1 Å². The smallest absolute Gasteiger partial charge is 0.276 e. The maximum absolute atomic E-state index is 14.1. The largest absolute Gasteiger partial charge is 0.350 e. The lowest BCUT2D eigenvalue weighted by Gasteiger charge is -2.37. The Bertz CT molecular complexity index is 1280. The van der Waals surface area contributed by atoms with Crippen LogP contribution in [-0.2, 0) is 10.5 Å². The molecule has 2 aliphatic heterocycles. The minimum Gasteiger partial charge on any atom is -0.350 e. The van der Waals surface area contributed by atoms with Crippen LogP contribution >= 0.6 is 0 Å². The summed E-state index contributed by atoms with van der Waals surface area (Å²) in [5.74, 6) is 0.0241. The molecule has 27 heavy (non-hydrogen) atoms. The van der Waals surface area contributed by atoms with Gasteiger partial charge in [-0.3, -0.25) is 9.36 Å². The molecule has 2 aliphatic rings. The summed E-state index contributed by atoms with van der Waals surface area (Å²) in [4.78, 5) is 18.1. The van der Waals surface area contributed by atoms with Crippen LogP contribution in [0.15, 0.2) is 66.7 Å². The van der Waals surface area contributed by atoms with E-state index < -0.39 is 11.5 Å². The fraction of sp³-hybridized carbons (Fsp3) is 0.0476. The van der Waals surface area contributed by atoms with Gasteiger partial charge < -0.3 is 10.6 Å². The van der Waals surface area contributed by atoms with Crippen LogP contribution in [0.2, 0.25) is 0 Å². The molecule has 2 N–H and O–H groups in total. The third kappa shape index (κ3) is 1.67. The minimum atomic E-state index is -1.29. The Kier molecular flexibility index (Phi) is 2.54. The van der Waals surface area contributed by atoms with E-state index in [2.05, 4.69) is 10.6 Å².